The summed E-state index contributed by atoms with van der Waals surface area (Å²) in [4.78, 5) is 0. The van der Waals surface area contributed by atoms with E-state index >= 15 is 0 Å². The summed E-state index contributed by atoms with van der Waals surface area (Å²) in [5.74, 6) is -0.702. The first-order valence-corrected chi connectivity index (χ1v) is 6.86. The molecule has 2 aliphatic heterocycles. The zero-order valence-electron chi connectivity index (χ0n) is 11.7. The van der Waals surface area contributed by atoms with Crippen LogP contribution >= 0.6 is 0 Å². The Balaban J connectivity index is 1.49. The minimum Gasteiger partial charge on any atom is -0.387 e. The third-order valence-corrected chi connectivity index (χ3v) is 3.51. The van der Waals surface area contributed by atoms with Crippen LogP contribution in [-0.2, 0) is 25.6 Å². The van der Waals surface area contributed by atoms with Crippen molar-refractivity contribution < 1.29 is 24.1 Å². The Bertz CT molecular complexity index is 447. The molecule has 2 fully saturated rings. The zero-order valence-corrected chi connectivity index (χ0v) is 11.7. The molecule has 0 spiro atoms. The molecule has 0 saturated carbocycles. The van der Waals surface area contributed by atoms with Gasteiger partial charge in [-0.15, -0.1) is 0 Å². The Morgan fingerprint density at radius 2 is 1.95 bits per heavy atom. The molecule has 110 valence electrons. The lowest BCUT2D eigenvalue weighted by atomic mass is 10.1. The Kier molecular flexibility index (Phi) is 3.79. The van der Waals surface area contributed by atoms with Crippen LogP contribution in [0.1, 0.15) is 19.4 Å². The van der Waals surface area contributed by atoms with Gasteiger partial charge in [-0.25, -0.2) is 0 Å². The molecule has 4 atom stereocenters. The van der Waals surface area contributed by atoms with Gasteiger partial charge in [-0.3, -0.25) is 0 Å². The average Bonchev–Trinajstić information content (AvgIpc) is 2.86. The van der Waals surface area contributed by atoms with E-state index in [1.807, 2.05) is 44.2 Å². The van der Waals surface area contributed by atoms with E-state index in [0.29, 0.717) is 13.2 Å². The highest BCUT2D eigenvalue weighted by Gasteiger charge is 2.54. The third-order valence-electron chi connectivity index (χ3n) is 3.51. The molecule has 2 saturated heterocycles. The minimum absolute atomic E-state index is 0.316. The molecule has 0 aromatic heterocycles. The van der Waals surface area contributed by atoms with Crippen molar-refractivity contribution in [3.05, 3.63) is 35.9 Å². The second-order valence-electron chi connectivity index (χ2n) is 5.63. The monoisotopic (exact) mass is 280 g/mol. The molecule has 2 heterocycles. The molecular weight excluding hydrogens is 260 g/mol. The van der Waals surface area contributed by atoms with Crippen LogP contribution in [0.25, 0.3) is 0 Å². The molecule has 1 N–H and O–H groups in total. The topological polar surface area (TPSA) is 57.2 Å². The van der Waals surface area contributed by atoms with E-state index in [0.717, 1.165) is 5.56 Å². The summed E-state index contributed by atoms with van der Waals surface area (Å²) in [7, 11) is 0. The Hall–Kier alpha value is -0.980. The normalized spacial score (nSPS) is 35.1. The lowest BCUT2D eigenvalue weighted by Crippen LogP contribution is -2.36. The van der Waals surface area contributed by atoms with E-state index in [4.69, 9.17) is 18.9 Å². The first-order valence-electron chi connectivity index (χ1n) is 6.86. The molecule has 0 amide bonds. The fourth-order valence-electron chi connectivity index (χ4n) is 2.56. The first kappa shape index (κ1) is 14.0. The van der Waals surface area contributed by atoms with Gasteiger partial charge in [0, 0.05) is 0 Å². The maximum Gasteiger partial charge on any atom is 0.190 e. The molecule has 0 radical (unpaired) electrons. The van der Waals surface area contributed by atoms with Crippen LogP contribution in [-0.4, -0.2) is 42.1 Å². The van der Waals surface area contributed by atoms with Crippen molar-refractivity contribution in [3.63, 3.8) is 0 Å². The summed E-state index contributed by atoms with van der Waals surface area (Å²) in [6.45, 7) is 4.43. The van der Waals surface area contributed by atoms with Crippen molar-refractivity contribution >= 4 is 0 Å². The van der Waals surface area contributed by atoms with Crippen molar-refractivity contribution in [2.75, 3.05) is 6.61 Å². The fourth-order valence-corrected chi connectivity index (χ4v) is 2.56. The third kappa shape index (κ3) is 2.87. The van der Waals surface area contributed by atoms with Gasteiger partial charge in [-0.2, -0.15) is 0 Å². The number of hydrogen-bond donors (Lipinski definition) is 1. The minimum atomic E-state index is -0.724. The lowest BCUT2D eigenvalue weighted by Gasteiger charge is -2.22. The highest BCUT2D eigenvalue weighted by atomic mass is 16.8. The number of ether oxygens (including phenoxy) is 4. The molecule has 5 heteroatoms. The lowest BCUT2D eigenvalue weighted by molar-refractivity contribution is -0.220. The van der Waals surface area contributed by atoms with E-state index < -0.39 is 30.4 Å². The summed E-state index contributed by atoms with van der Waals surface area (Å²) in [6, 6.07) is 9.89. The van der Waals surface area contributed by atoms with Gasteiger partial charge in [0.05, 0.1) is 13.2 Å². The number of hydrogen-bond acceptors (Lipinski definition) is 5. The van der Waals surface area contributed by atoms with Crippen molar-refractivity contribution in [1.29, 1.82) is 0 Å². The van der Waals surface area contributed by atoms with Crippen molar-refractivity contribution in [2.24, 2.45) is 0 Å². The Morgan fingerprint density at radius 1 is 1.20 bits per heavy atom. The predicted molar refractivity (Wildman–Crippen MR) is 70.8 cm³/mol. The molecule has 0 aliphatic carbocycles. The number of aliphatic hydroxyl groups is 1. The molecule has 1 aromatic carbocycles. The van der Waals surface area contributed by atoms with Crippen LogP contribution in [0.15, 0.2) is 30.3 Å². The molecular formula is C15H20O5. The van der Waals surface area contributed by atoms with Crippen LogP contribution in [0.2, 0.25) is 0 Å². The zero-order chi connectivity index (χ0) is 14.2. The highest BCUT2D eigenvalue weighted by molar-refractivity contribution is 5.13. The first-order chi connectivity index (χ1) is 9.55. The summed E-state index contributed by atoms with van der Waals surface area (Å²) in [5.41, 5.74) is 1.09. The van der Waals surface area contributed by atoms with Gasteiger partial charge in [-0.1, -0.05) is 30.3 Å². The van der Waals surface area contributed by atoms with E-state index in [1.165, 1.54) is 0 Å². The van der Waals surface area contributed by atoms with Gasteiger partial charge in [0.1, 0.15) is 18.3 Å². The molecule has 5 nitrogen and oxygen atoms in total. The molecule has 1 aromatic rings. The number of benzene rings is 1. The SMILES string of the molecule is CC1(C)O[C@@H]2O[C@@H](COCc3ccccc3)[C@@H](O)[C@@H]2O1. The van der Waals surface area contributed by atoms with Gasteiger partial charge in [-0.05, 0) is 19.4 Å². The van der Waals surface area contributed by atoms with Crippen LogP contribution in [0, 0.1) is 0 Å². The quantitative estimate of drug-likeness (QED) is 0.904. The standard InChI is InChI=1S/C15H20O5/c1-15(2)19-13-12(16)11(18-14(13)20-15)9-17-8-10-6-4-3-5-7-10/h3-7,11-14,16H,8-9H2,1-2H3/t11-,12+,13-,14-/m0/s1. The van der Waals surface area contributed by atoms with E-state index in [-0.39, 0.29) is 0 Å². The van der Waals surface area contributed by atoms with Crippen LogP contribution in [0.4, 0.5) is 0 Å². The van der Waals surface area contributed by atoms with Gasteiger partial charge < -0.3 is 24.1 Å². The van der Waals surface area contributed by atoms with E-state index in [2.05, 4.69) is 0 Å². The predicted octanol–water partition coefficient (Wildman–Crippen LogP) is 1.44. The van der Waals surface area contributed by atoms with Gasteiger partial charge >= 0.3 is 0 Å². The molecule has 0 bridgehead atoms. The van der Waals surface area contributed by atoms with Crippen molar-refractivity contribution in [1.82, 2.24) is 0 Å². The number of fused-ring (bicyclic) bond motifs is 1. The molecule has 2 aliphatic rings. The summed E-state index contributed by atoms with van der Waals surface area (Å²) in [5, 5.41) is 10.2. The van der Waals surface area contributed by atoms with Crippen LogP contribution < -0.4 is 0 Å². The van der Waals surface area contributed by atoms with Crippen LogP contribution in [0.3, 0.4) is 0 Å². The Morgan fingerprint density at radius 3 is 2.65 bits per heavy atom. The maximum absolute atomic E-state index is 10.2. The Labute approximate surface area is 118 Å². The van der Waals surface area contributed by atoms with E-state index in [9.17, 15) is 5.11 Å². The smallest absolute Gasteiger partial charge is 0.190 e. The average molecular weight is 280 g/mol. The molecule has 0 unspecified atom stereocenters. The second-order valence-corrected chi connectivity index (χ2v) is 5.63. The maximum atomic E-state index is 10.2. The number of aliphatic hydroxyl groups excluding tert-OH is 1. The fraction of sp³-hybridized carbons (Fsp3) is 0.600. The summed E-state index contributed by atoms with van der Waals surface area (Å²) >= 11 is 0. The largest absolute Gasteiger partial charge is 0.387 e. The highest BCUT2D eigenvalue weighted by Crippen LogP contribution is 2.37. The van der Waals surface area contributed by atoms with E-state index in [1.54, 1.807) is 0 Å². The van der Waals surface area contributed by atoms with Gasteiger partial charge in [0.2, 0.25) is 0 Å². The summed E-state index contributed by atoms with van der Waals surface area (Å²) in [6.07, 6.45) is -2.08. The second kappa shape index (κ2) is 5.42. The van der Waals surface area contributed by atoms with Gasteiger partial charge in [0.25, 0.3) is 0 Å². The van der Waals surface area contributed by atoms with Crippen molar-refractivity contribution in [2.45, 2.75) is 50.8 Å². The van der Waals surface area contributed by atoms with Gasteiger partial charge in [0.15, 0.2) is 12.1 Å². The van der Waals surface area contributed by atoms with Crippen molar-refractivity contribution in [3.8, 4) is 0 Å². The van der Waals surface area contributed by atoms with Crippen LogP contribution in [0.5, 0.6) is 0 Å². The molecule has 3 rings (SSSR count). The number of rotatable bonds is 4. The summed E-state index contributed by atoms with van der Waals surface area (Å²) < 4.78 is 22.4. The molecule has 20 heavy (non-hydrogen) atoms.